The molecule has 0 aliphatic heterocycles. The van der Waals surface area contributed by atoms with Gasteiger partial charge in [0.05, 0.1) is 19.7 Å². The molecule has 2 aromatic carbocycles. The molecule has 8 heteroatoms. The Bertz CT molecular complexity index is 1100. The van der Waals surface area contributed by atoms with Gasteiger partial charge in [0.25, 0.3) is 0 Å². The molecule has 4 rings (SSSR count). The van der Waals surface area contributed by atoms with Gasteiger partial charge >= 0.3 is 0 Å². The fourth-order valence-electron chi connectivity index (χ4n) is 4.38. The van der Waals surface area contributed by atoms with E-state index >= 15 is 0 Å². The fraction of sp³-hybridized carbons (Fsp3) is 0.462. The highest BCUT2D eigenvalue weighted by atomic mass is 19.1. The van der Waals surface area contributed by atoms with E-state index in [1.165, 1.54) is 13.2 Å². The summed E-state index contributed by atoms with van der Waals surface area (Å²) in [5, 5.41) is 8.08. The third-order valence-electron chi connectivity index (χ3n) is 6.20. The van der Waals surface area contributed by atoms with Crippen LogP contribution >= 0.6 is 0 Å². The molecule has 1 aromatic heterocycles. The first-order valence-corrected chi connectivity index (χ1v) is 11.3. The van der Waals surface area contributed by atoms with Crippen molar-refractivity contribution in [2.24, 2.45) is 0 Å². The Labute approximate surface area is 201 Å². The van der Waals surface area contributed by atoms with Crippen LogP contribution in [0.5, 0.6) is 11.5 Å². The molecular weight excluding hydrogens is 433 g/mol. The summed E-state index contributed by atoms with van der Waals surface area (Å²) in [6.07, 6.45) is 4.00. The number of aromatic nitrogens is 2. The number of para-hydroxylation sites is 1. The van der Waals surface area contributed by atoms with Crippen molar-refractivity contribution < 1.29 is 13.9 Å². The first-order chi connectivity index (χ1) is 16.0. The second kappa shape index (κ2) is 11.3. The second-order valence-electron chi connectivity index (χ2n) is 8.65. The summed E-state index contributed by atoms with van der Waals surface area (Å²) >= 11 is 0. The monoisotopic (exact) mass is 469 g/mol. The molecule has 0 unspecified atom stereocenters. The third-order valence-corrected chi connectivity index (χ3v) is 6.20. The number of hydrogen-bond acceptors (Lipinski definition) is 7. The van der Waals surface area contributed by atoms with Gasteiger partial charge in [-0.3, -0.25) is 0 Å². The number of nitrogens with one attached hydrogen (secondary N) is 2. The predicted molar refractivity (Wildman–Crippen MR) is 137 cm³/mol. The highest BCUT2D eigenvalue weighted by Crippen LogP contribution is 2.30. The Morgan fingerprint density at radius 1 is 0.971 bits per heavy atom. The van der Waals surface area contributed by atoms with Crippen LogP contribution in [0.4, 0.5) is 16.2 Å². The molecule has 7 nitrogen and oxygen atoms in total. The third kappa shape index (κ3) is 5.67. The number of ether oxygens (including phenoxy) is 2. The van der Waals surface area contributed by atoms with Crippen molar-refractivity contribution in [1.29, 1.82) is 0 Å². The summed E-state index contributed by atoms with van der Waals surface area (Å²) in [7, 11) is 7.06. The van der Waals surface area contributed by atoms with Gasteiger partial charge < -0.3 is 25.0 Å². The molecule has 0 radical (unpaired) electrons. The van der Waals surface area contributed by atoms with Crippen LogP contribution in [0, 0.1) is 5.82 Å². The topological polar surface area (TPSA) is 71.5 Å². The summed E-state index contributed by atoms with van der Waals surface area (Å²) in [6.45, 7) is 0.453. The van der Waals surface area contributed by atoms with Crippen molar-refractivity contribution in [3.8, 4) is 11.5 Å². The minimum Gasteiger partial charge on any atom is -0.493 e. The van der Waals surface area contributed by atoms with Crippen LogP contribution in [0.2, 0.25) is 0 Å². The van der Waals surface area contributed by atoms with E-state index in [1.807, 2.05) is 43.3 Å². The van der Waals surface area contributed by atoms with Crippen LogP contribution in [0.15, 0.2) is 36.4 Å². The number of rotatable bonds is 8. The number of nitrogens with zero attached hydrogens (tertiary/aromatic N) is 3. The van der Waals surface area contributed by atoms with Gasteiger partial charge in [-0.05, 0) is 43.9 Å². The molecule has 0 spiro atoms. The SMILES string of the molecule is C.COc1cc(F)c(CNC2CCC(Nc3nc(N(C)C)c4ccccc4n3)CC2)cc1OC. The normalized spacial score (nSPS) is 17.7. The largest absolute Gasteiger partial charge is 0.493 e. The zero-order chi connectivity index (χ0) is 23.4. The van der Waals surface area contributed by atoms with Crippen LogP contribution in [-0.4, -0.2) is 50.4 Å². The standard InChI is InChI=1S/C25H32FN5O2.CH4/c1-31(2)24-19-7-5-6-8-21(19)29-25(30-24)28-18-11-9-17(10-12-18)27-15-16-13-22(32-3)23(33-4)14-20(16)26;/h5-8,13-14,17-18,27H,9-12,15H2,1-4H3,(H,28,29,30);1H4. The Morgan fingerprint density at radius 3 is 2.29 bits per heavy atom. The van der Waals surface area contributed by atoms with Gasteiger partial charge in [0.15, 0.2) is 11.5 Å². The lowest BCUT2D eigenvalue weighted by Crippen LogP contribution is -2.37. The highest BCUT2D eigenvalue weighted by Gasteiger charge is 2.22. The molecule has 0 saturated heterocycles. The van der Waals surface area contributed by atoms with Gasteiger partial charge in [0.1, 0.15) is 11.6 Å². The molecule has 1 heterocycles. The van der Waals surface area contributed by atoms with Crippen molar-refractivity contribution in [3.63, 3.8) is 0 Å². The van der Waals surface area contributed by atoms with E-state index in [0.717, 1.165) is 42.4 Å². The second-order valence-corrected chi connectivity index (χ2v) is 8.65. The summed E-state index contributed by atoms with van der Waals surface area (Å²) in [5.41, 5.74) is 1.51. The minimum atomic E-state index is -0.291. The summed E-state index contributed by atoms with van der Waals surface area (Å²) < 4.78 is 24.9. The quantitative estimate of drug-likeness (QED) is 0.481. The van der Waals surface area contributed by atoms with Gasteiger partial charge in [-0.15, -0.1) is 0 Å². The number of benzene rings is 2. The molecule has 3 aromatic rings. The first-order valence-electron chi connectivity index (χ1n) is 11.3. The summed E-state index contributed by atoms with van der Waals surface area (Å²) in [4.78, 5) is 11.5. The number of hydrogen-bond donors (Lipinski definition) is 2. The van der Waals surface area contributed by atoms with Crippen molar-refractivity contribution >= 4 is 22.7 Å². The maximum Gasteiger partial charge on any atom is 0.225 e. The van der Waals surface area contributed by atoms with E-state index < -0.39 is 0 Å². The Kier molecular flexibility index (Phi) is 8.50. The highest BCUT2D eigenvalue weighted by molar-refractivity contribution is 5.90. The number of halogens is 1. The molecule has 0 amide bonds. The Balaban J connectivity index is 0.00000324. The van der Waals surface area contributed by atoms with Crippen LogP contribution in [-0.2, 0) is 6.54 Å². The molecule has 184 valence electrons. The zero-order valence-electron chi connectivity index (χ0n) is 19.7. The smallest absolute Gasteiger partial charge is 0.225 e. The van der Waals surface area contributed by atoms with Gasteiger partial charge in [0, 0.05) is 49.7 Å². The maximum atomic E-state index is 14.4. The lowest BCUT2D eigenvalue weighted by molar-refractivity contribution is 0.343. The van der Waals surface area contributed by atoms with Crippen molar-refractivity contribution in [1.82, 2.24) is 15.3 Å². The van der Waals surface area contributed by atoms with Gasteiger partial charge in [-0.25, -0.2) is 9.37 Å². The Morgan fingerprint density at radius 2 is 1.62 bits per heavy atom. The van der Waals surface area contributed by atoms with Crippen LogP contribution in [0.3, 0.4) is 0 Å². The van der Waals surface area contributed by atoms with E-state index in [2.05, 4.69) is 10.6 Å². The van der Waals surface area contributed by atoms with E-state index in [1.54, 1.807) is 13.2 Å². The Hall–Kier alpha value is -3.13. The van der Waals surface area contributed by atoms with E-state index in [9.17, 15) is 4.39 Å². The van der Waals surface area contributed by atoms with Gasteiger partial charge in [0.2, 0.25) is 5.95 Å². The molecule has 34 heavy (non-hydrogen) atoms. The zero-order valence-corrected chi connectivity index (χ0v) is 19.7. The first kappa shape index (κ1) is 25.5. The van der Waals surface area contributed by atoms with Crippen molar-refractivity contribution in [3.05, 3.63) is 47.8 Å². The predicted octanol–water partition coefficient (Wildman–Crippen LogP) is 5.00. The molecule has 1 saturated carbocycles. The molecule has 0 atom stereocenters. The molecule has 0 bridgehead atoms. The van der Waals surface area contributed by atoms with Crippen LogP contribution in [0.25, 0.3) is 10.9 Å². The number of anilines is 2. The molecule has 1 aliphatic rings. The van der Waals surface area contributed by atoms with Gasteiger partial charge in [-0.1, -0.05) is 19.6 Å². The van der Waals surface area contributed by atoms with Crippen molar-refractivity contribution in [2.75, 3.05) is 38.5 Å². The maximum absolute atomic E-state index is 14.4. The van der Waals surface area contributed by atoms with Crippen LogP contribution < -0.4 is 25.0 Å². The lowest BCUT2D eigenvalue weighted by atomic mass is 9.91. The number of fused-ring (bicyclic) bond motifs is 1. The lowest BCUT2D eigenvalue weighted by Gasteiger charge is -2.30. The minimum absolute atomic E-state index is 0. The summed E-state index contributed by atoms with van der Waals surface area (Å²) in [6, 6.07) is 11.8. The number of methoxy groups -OCH3 is 2. The molecular formula is C26H36FN5O2. The molecule has 1 fully saturated rings. The van der Waals surface area contributed by atoms with E-state index in [4.69, 9.17) is 19.4 Å². The van der Waals surface area contributed by atoms with Gasteiger partial charge in [-0.2, -0.15) is 4.98 Å². The molecule has 2 N–H and O–H groups in total. The van der Waals surface area contributed by atoms with E-state index in [-0.39, 0.29) is 13.2 Å². The van der Waals surface area contributed by atoms with E-state index in [0.29, 0.717) is 41.6 Å². The fourth-order valence-corrected chi connectivity index (χ4v) is 4.38. The van der Waals surface area contributed by atoms with Crippen molar-refractivity contribution in [2.45, 2.75) is 51.7 Å². The summed E-state index contributed by atoms with van der Waals surface area (Å²) in [5.74, 6) is 2.23. The average molecular weight is 470 g/mol. The van der Waals surface area contributed by atoms with Crippen LogP contribution in [0.1, 0.15) is 38.7 Å². The molecule has 1 aliphatic carbocycles. The average Bonchev–Trinajstić information content (AvgIpc) is 2.83.